The van der Waals surface area contributed by atoms with E-state index in [9.17, 15) is 8.78 Å². The number of nitrogens with one attached hydrogen (secondary N) is 1. The highest BCUT2D eigenvalue weighted by Gasteiger charge is 2.31. The number of rotatable bonds is 4. The Kier molecular flexibility index (Phi) is 3.31. The Bertz CT molecular complexity index is 434. The van der Waals surface area contributed by atoms with Crippen LogP contribution in [-0.4, -0.2) is 19.2 Å². The van der Waals surface area contributed by atoms with Gasteiger partial charge in [-0.25, -0.2) is 8.78 Å². The van der Waals surface area contributed by atoms with Crippen LogP contribution in [0.3, 0.4) is 0 Å². The van der Waals surface area contributed by atoms with Gasteiger partial charge in [-0.1, -0.05) is 6.07 Å². The number of hydrogen-bond donors (Lipinski definition) is 1. The van der Waals surface area contributed by atoms with Crippen LogP contribution in [0.2, 0.25) is 0 Å². The van der Waals surface area contributed by atoms with Gasteiger partial charge in [-0.3, -0.25) is 0 Å². The molecular formula is C14H17F2NO. The molecule has 98 valence electrons. The van der Waals surface area contributed by atoms with Crippen LogP contribution >= 0.6 is 0 Å². The predicted molar refractivity (Wildman–Crippen MR) is 64.2 cm³/mol. The van der Waals surface area contributed by atoms with Gasteiger partial charge >= 0.3 is 0 Å². The van der Waals surface area contributed by atoms with Gasteiger partial charge in [0.2, 0.25) is 0 Å². The average molecular weight is 253 g/mol. The first-order chi connectivity index (χ1) is 8.74. The minimum Gasteiger partial charge on any atom is -0.373 e. The molecule has 1 aromatic carbocycles. The van der Waals surface area contributed by atoms with Crippen molar-refractivity contribution in [3.63, 3.8) is 0 Å². The van der Waals surface area contributed by atoms with Crippen molar-refractivity contribution < 1.29 is 13.5 Å². The SMILES string of the molecule is Fc1ccc(C2OCCC2CNC2CC2)cc1F. The lowest BCUT2D eigenvalue weighted by atomic mass is 9.95. The van der Waals surface area contributed by atoms with E-state index in [1.807, 2.05) is 0 Å². The van der Waals surface area contributed by atoms with Crippen LogP contribution in [0.15, 0.2) is 18.2 Å². The topological polar surface area (TPSA) is 21.3 Å². The fourth-order valence-electron chi connectivity index (χ4n) is 2.51. The predicted octanol–water partition coefficient (Wildman–Crippen LogP) is 2.79. The normalized spacial score (nSPS) is 27.7. The van der Waals surface area contributed by atoms with Crippen LogP contribution in [0.25, 0.3) is 0 Å². The second kappa shape index (κ2) is 4.94. The van der Waals surface area contributed by atoms with Crippen LogP contribution in [0.5, 0.6) is 0 Å². The van der Waals surface area contributed by atoms with Gasteiger partial charge in [0.25, 0.3) is 0 Å². The smallest absolute Gasteiger partial charge is 0.159 e. The molecule has 1 aliphatic heterocycles. The monoisotopic (exact) mass is 253 g/mol. The maximum absolute atomic E-state index is 13.2. The van der Waals surface area contributed by atoms with E-state index >= 15 is 0 Å². The summed E-state index contributed by atoms with van der Waals surface area (Å²) in [5.41, 5.74) is 0.744. The van der Waals surface area contributed by atoms with Crippen molar-refractivity contribution in [3.8, 4) is 0 Å². The Hall–Kier alpha value is -1.00. The number of benzene rings is 1. The van der Waals surface area contributed by atoms with Crippen molar-refractivity contribution in [1.29, 1.82) is 0 Å². The summed E-state index contributed by atoms with van der Waals surface area (Å²) >= 11 is 0. The molecule has 0 amide bonds. The van der Waals surface area contributed by atoms with Crippen LogP contribution in [0.1, 0.15) is 30.9 Å². The molecule has 0 aromatic heterocycles. The molecule has 1 aromatic rings. The highest BCUT2D eigenvalue weighted by atomic mass is 19.2. The molecule has 3 rings (SSSR count). The van der Waals surface area contributed by atoms with Crippen molar-refractivity contribution in [2.75, 3.05) is 13.2 Å². The lowest BCUT2D eigenvalue weighted by Crippen LogP contribution is -2.26. The number of ether oxygens (including phenoxy) is 1. The van der Waals surface area contributed by atoms with Gasteiger partial charge in [-0.05, 0) is 37.0 Å². The van der Waals surface area contributed by atoms with Crippen molar-refractivity contribution >= 4 is 0 Å². The van der Waals surface area contributed by atoms with E-state index in [1.165, 1.54) is 25.0 Å². The van der Waals surface area contributed by atoms with Crippen LogP contribution in [0, 0.1) is 17.6 Å². The van der Waals surface area contributed by atoms with E-state index in [1.54, 1.807) is 6.07 Å². The summed E-state index contributed by atoms with van der Waals surface area (Å²) in [6.45, 7) is 1.59. The zero-order valence-corrected chi connectivity index (χ0v) is 10.2. The fourth-order valence-corrected chi connectivity index (χ4v) is 2.51. The summed E-state index contributed by atoms with van der Waals surface area (Å²) in [4.78, 5) is 0. The standard InChI is InChI=1S/C14H17F2NO/c15-12-4-1-9(7-13(12)16)14-10(5-6-18-14)8-17-11-2-3-11/h1,4,7,10-11,14,17H,2-3,5-6,8H2. The third-order valence-corrected chi connectivity index (χ3v) is 3.73. The van der Waals surface area contributed by atoms with Gasteiger partial charge in [0.1, 0.15) is 0 Å². The molecule has 1 saturated carbocycles. The van der Waals surface area contributed by atoms with Crippen LogP contribution in [-0.2, 0) is 4.74 Å². The lowest BCUT2D eigenvalue weighted by molar-refractivity contribution is 0.0901. The molecule has 2 atom stereocenters. The van der Waals surface area contributed by atoms with E-state index in [-0.39, 0.29) is 6.10 Å². The third kappa shape index (κ3) is 2.54. The molecule has 1 heterocycles. The lowest BCUT2D eigenvalue weighted by Gasteiger charge is -2.19. The summed E-state index contributed by atoms with van der Waals surface area (Å²) in [5.74, 6) is -1.24. The van der Waals surface area contributed by atoms with Gasteiger partial charge in [-0.2, -0.15) is 0 Å². The first-order valence-electron chi connectivity index (χ1n) is 6.54. The number of hydrogen-bond acceptors (Lipinski definition) is 2. The highest BCUT2D eigenvalue weighted by molar-refractivity contribution is 5.21. The molecule has 2 fully saturated rings. The molecule has 18 heavy (non-hydrogen) atoms. The molecule has 2 nitrogen and oxygen atoms in total. The van der Waals surface area contributed by atoms with E-state index in [2.05, 4.69) is 5.32 Å². The van der Waals surface area contributed by atoms with E-state index < -0.39 is 11.6 Å². The van der Waals surface area contributed by atoms with E-state index in [0.717, 1.165) is 18.5 Å². The van der Waals surface area contributed by atoms with Crippen LogP contribution in [0.4, 0.5) is 8.78 Å². The molecule has 2 unspecified atom stereocenters. The molecule has 1 N–H and O–H groups in total. The summed E-state index contributed by atoms with van der Waals surface area (Å²) < 4.78 is 31.8. The maximum Gasteiger partial charge on any atom is 0.159 e. The second-order valence-corrected chi connectivity index (χ2v) is 5.20. The Morgan fingerprint density at radius 3 is 2.72 bits per heavy atom. The fraction of sp³-hybridized carbons (Fsp3) is 0.571. The molecule has 0 bridgehead atoms. The quantitative estimate of drug-likeness (QED) is 0.891. The Morgan fingerprint density at radius 1 is 1.17 bits per heavy atom. The van der Waals surface area contributed by atoms with Crippen LogP contribution < -0.4 is 5.32 Å². The number of halogens is 2. The molecule has 1 aliphatic carbocycles. The largest absolute Gasteiger partial charge is 0.373 e. The van der Waals surface area contributed by atoms with E-state index in [0.29, 0.717) is 18.6 Å². The first-order valence-corrected chi connectivity index (χ1v) is 6.54. The van der Waals surface area contributed by atoms with Crippen molar-refractivity contribution in [3.05, 3.63) is 35.4 Å². The van der Waals surface area contributed by atoms with E-state index in [4.69, 9.17) is 4.74 Å². The molecule has 0 spiro atoms. The van der Waals surface area contributed by atoms with Crippen molar-refractivity contribution in [2.45, 2.75) is 31.4 Å². The first kappa shape index (κ1) is 12.1. The van der Waals surface area contributed by atoms with Gasteiger partial charge in [0.05, 0.1) is 6.10 Å². The summed E-state index contributed by atoms with van der Waals surface area (Å²) in [7, 11) is 0. The third-order valence-electron chi connectivity index (χ3n) is 3.73. The summed E-state index contributed by atoms with van der Waals surface area (Å²) in [5, 5.41) is 3.48. The van der Waals surface area contributed by atoms with Crippen molar-refractivity contribution in [1.82, 2.24) is 5.32 Å². The van der Waals surface area contributed by atoms with Gasteiger partial charge in [0.15, 0.2) is 11.6 Å². The summed E-state index contributed by atoms with van der Waals surface area (Å²) in [6.07, 6.45) is 3.38. The van der Waals surface area contributed by atoms with Gasteiger partial charge in [-0.15, -0.1) is 0 Å². The highest BCUT2D eigenvalue weighted by Crippen LogP contribution is 2.35. The van der Waals surface area contributed by atoms with Gasteiger partial charge in [0, 0.05) is 25.1 Å². The minimum absolute atomic E-state index is 0.105. The molecule has 0 radical (unpaired) electrons. The van der Waals surface area contributed by atoms with Gasteiger partial charge < -0.3 is 10.1 Å². The van der Waals surface area contributed by atoms with Crippen molar-refractivity contribution in [2.24, 2.45) is 5.92 Å². The molecule has 2 aliphatic rings. The zero-order valence-electron chi connectivity index (χ0n) is 10.2. The second-order valence-electron chi connectivity index (χ2n) is 5.20. The minimum atomic E-state index is -0.801. The average Bonchev–Trinajstić information content (AvgIpc) is 3.08. The Labute approximate surface area is 105 Å². The molecule has 4 heteroatoms. The Morgan fingerprint density at radius 2 is 2.00 bits per heavy atom. The molecular weight excluding hydrogens is 236 g/mol. The Balaban J connectivity index is 1.70. The summed E-state index contributed by atoms with van der Waals surface area (Å²) in [6, 6.07) is 4.72. The zero-order chi connectivity index (χ0) is 12.5. The maximum atomic E-state index is 13.2. The molecule has 1 saturated heterocycles.